The lowest BCUT2D eigenvalue weighted by molar-refractivity contribution is 0.171. The molecule has 0 aliphatic carbocycles. The van der Waals surface area contributed by atoms with Crippen LogP contribution in [-0.2, 0) is 6.54 Å². The molecule has 3 rings (SSSR count). The summed E-state index contributed by atoms with van der Waals surface area (Å²) in [6, 6.07) is 14.4. The molecule has 1 aromatic heterocycles. The molecule has 3 aromatic rings. The van der Waals surface area contributed by atoms with E-state index in [4.69, 9.17) is 4.98 Å². The maximum atomic E-state index is 13.5. The first kappa shape index (κ1) is 24.9. The van der Waals surface area contributed by atoms with Crippen molar-refractivity contribution in [2.45, 2.75) is 39.3 Å². The number of nitrogens with zero attached hydrogens (tertiary/aromatic N) is 4. The number of para-hydroxylation sites is 2. The Labute approximate surface area is 203 Å². The van der Waals surface area contributed by atoms with Gasteiger partial charge in [0.05, 0.1) is 22.6 Å². The monoisotopic (exact) mass is 513 g/mol. The van der Waals surface area contributed by atoms with Crippen LogP contribution in [0.4, 0.5) is 10.5 Å². The van der Waals surface area contributed by atoms with Crippen LogP contribution in [0.15, 0.2) is 57.8 Å². The van der Waals surface area contributed by atoms with E-state index >= 15 is 0 Å². The molecule has 1 unspecified atom stereocenters. The summed E-state index contributed by atoms with van der Waals surface area (Å²) in [6.07, 6.45) is 1.43. The van der Waals surface area contributed by atoms with E-state index in [-0.39, 0.29) is 17.6 Å². The maximum Gasteiger partial charge on any atom is 0.322 e. The number of anilines is 1. The number of urea groups is 1. The third-order valence-corrected chi connectivity index (χ3v) is 6.26. The molecule has 0 spiro atoms. The fourth-order valence-electron chi connectivity index (χ4n) is 3.88. The Bertz CT molecular complexity index is 1160. The molecule has 2 aromatic carbocycles. The Morgan fingerprint density at radius 2 is 1.79 bits per heavy atom. The molecule has 0 saturated carbocycles. The Balaban J connectivity index is 2.09. The minimum atomic E-state index is -0.351. The zero-order valence-electron chi connectivity index (χ0n) is 19.7. The van der Waals surface area contributed by atoms with E-state index in [1.165, 1.54) is 0 Å². The fourth-order valence-corrected chi connectivity index (χ4v) is 4.26. The summed E-state index contributed by atoms with van der Waals surface area (Å²) < 4.78 is 2.55. The predicted molar refractivity (Wildman–Crippen MR) is 138 cm³/mol. The van der Waals surface area contributed by atoms with E-state index in [1.807, 2.05) is 81.4 Å². The van der Waals surface area contributed by atoms with Crippen LogP contribution in [0.25, 0.3) is 10.9 Å². The van der Waals surface area contributed by atoms with Crippen molar-refractivity contribution in [3.05, 3.63) is 69.2 Å². The minimum Gasteiger partial charge on any atom is -0.313 e. The highest BCUT2D eigenvalue weighted by molar-refractivity contribution is 9.10. The van der Waals surface area contributed by atoms with Crippen molar-refractivity contribution in [3.63, 3.8) is 0 Å². The number of likely N-dealkylation sites (N-methyl/N-ethyl adjacent to an activating group) is 1. The molecule has 0 fully saturated rings. The van der Waals surface area contributed by atoms with Gasteiger partial charge in [-0.05, 0) is 67.1 Å². The molecule has 176 valence electrons. The number of amides is 2. The number of aromatic nitrogens is 2. The van der Waals surface area contributed by atoms with Gasteiger partial charge >= 0.3 is 6.03 Å². The van der Waals surface area contributed by atoms with Gasteiger partial charge < -0.3 is 15.1 Å². The second-order valence-corrected chi connectivity index (χ2v) is 9.13. The number of fused-ring (bicyclic) bond motifs is 1. The third-order valence-electron chi connectivity index (χ3n) is 5.56. The molecule has 1 heterocycles. The van der Waals surface area contributed by atoms with Crippen molar-refractivity contribution in [2.75, 3.05) is 32.5 Å². The van der Waals surface area contributed by atoms with Gasteiger partial charge in [0.1, 0.15) is 5.82 Å². The summed E-state index contributed by atoms with van der Waals surface area (Å²) in [5.74, 6) is 0.629. The van der Waals surface area contributed by atoms with Crippen molar-refractivity contribution < 1.29 is 4.79 Å². The highest BCUT2D eigenvalue weighted by Crippen LogP contribution is 2.27. The van der Waals surface area contributed by atoms with Gasteiger partial charge in [-0.25, -0.2) is 9.78 Å². The average molecular weight is 514 g/mol. The molecular weight excluding hydrogens is 482 g/mol. The number of carbonyl (C=O) groups is 1. The molecule has 0 bridgehead atoms. The van der Waals surface area contributed by atoms with Crippen molar-refractivity contribution >= 4 is 38.6 Å². The number of benzene rings is 2. The summed E-state index contributed by atoms with van der Waals surface area (Å²) in [4.78, 5) is 35.6. The van der Waals surface area contributed by atoms with Crippen LogP contribution in [-0.4, -0.2) is 52.6 Å². The van der Waals surface area contributed by atoms with Crippen LogP contribution < -0.4 is 10.9 Å². The van der Waals surface area contributed by atoms with E-state index < -0.39 is 0 Å². The van der Waals surface area contributed by atoms with Gasteiger partial charge in [0.15, 0.2) is 0 Å². The van der Waals surface area contributed by atoms with Crippen LogP contribution in [0.2, 0.25) is 0 Å². The molecule has 0 aliphatic rings. The van der Waals surface area contributed by atoms with E-state index in [1.54, 1.807) is 9.47 Å². The van der Waals surface area contributed by atoms with Gasteiger partial charge in [0.2, 0.25) is 0 Å². The normalized spacial score (nSPS) is 12.2. The summed E-state index contributed by atoms with van der Waals surface area (Å²) in [6.45, 7) is 5.80. The minimum absolute atomic E-state index is 0.0605. The number of hydrogen-bond donors (Lipinski definition) is 1. The standard InChI is InChI=1S/C25H32BrN5O2/c1-5-15-31-23(27-20-13-9-7-11-18(20)24(31)32)22(6-2)30(17-16-29(3)4)25(33)28-21-14-10-8-12-19(21)26/h7-14,22H,5-6,15-17H2,1-4H3,(H,28,33). The first-order chi connectivity index (χ1) is 15.9. The Morgan fingerprint density at radius 3 is 2.45 bits per heavy atom. The molecule has 0 aliphatic heterocycles. The second-order valence-electron chi connectivity index (χ2n) is 8.27. The molecule has 8 heteroatoms. The smallest absolute Gasteiger partial charge is 0.313 e. The Morgan fingerprint density at radius 1 is 1.09 bits per heavy atom. The van der Waals surface area contributed by atoms with Gasteiger partial charge in [0.25, 0.3) is 5.56 Å². The third kappa shape index (κ3) is 5.81. The first-order valence-corrected chi connectivity index (χ1v) is 12.1. The van der Waals surface area contributed by atoms with Crippen molar-refractivity contribution in [2.24, 2.45) is 0 Å². The van der Waals surface area contributed by atoms with E-state index in [2.05, 4.69) is 21.2 Å². The topological polar surface area (TPSA) is 70.5 Å². The zero-order chi connectivity index (χ0) is 24.0. The molecule has 7 nitrogen and oxygen atoms in total. The molecule has 0 radical (unpaired) electrons. The van der Waals surface area contributed by atoms with Crippen LogP contribution in [0.1, 0.15) is 38.6 Å². The lowest BCUT2D eigenvalue weighted by atomic mass is 10.1. The average Bonchev–Trinajstić information content (AvgIpc) is 2.80. The molecular formula is C25H32BrN5O2. The summed E-state index contributed by atoms with van der Waals surface area (Å²) in [5.41, 5.74) is 1.29. The number of halogens is 1. The van der Waals surface area contributed by atoms with Gasteiger partial charge in [-0.1, -0.05) is 38.1 Å². The lowest BCUT2D eigenvalue weighted by Gasteiger charge is -2.33. The van der Waals surface area contributed by atoms with Gasteiger partial charge in [-0.2, -0.15) is 0 Å². The van der Waals surface area contributed by atoms with E-state index in [9.17, 15) is 9.59 Å². The number of rotatable bonds is 9. The van der Waals surface area contributed by atoms with E-state index in [0.29, 0.717) is 48.5 Å². The van der Waals surface area contributed by atoms with Crippen LogP contribution in [0.5, 0.6) is 0 Å². The van der Waals surface area contributed by atoms with Gasteiger partial charge in [0, 0.05) is 24.1 Å². The summed E-state index contributed by atoms with van der Waals surface area (Å²) in [7, 11) is 3.96. The highest BCUT2D eigenvalue weighted by atomic mass is 79.9. The second kappa shape index (κ2) is 11.4. The Hall–Kier alpha value is -2.71. The lowest BCUT2D eigenvalue weighted by Crippen LogP contribution is -2.44. The van der Waals surface area contributed by atoms with Crippen LogP contribution >= 0.6 is 15.9 Å². The van der Waals surface area contributed by atoms with Gasteiger partial charge in [-0.15, -0.1) is 0 Å². The van der Waals surface area contributed by atoms with E-state index in [0.717, 1.165) is 10.9 Å². The molecule has 0 saturated heterocycles. The predicted octanol–water partition coefficient (Wildman–Crippen LogP) is 5.12. The van der Waals surface area contributed by atoms with Crippen molar-refractivity contribution in [1.29, 1.82) is 0 Å². The SMILES string of the molecule is CCCn1c(C(CC)N(CCN(C)C)C(=O)Nc2ccccc2Br)nc2ccccc2c1=O. The first-order valence-electron chi connectivity index (χ1n) is 11.3. The van der Waals surface area contributed by atoms with Crippen molar-refractivity contribution in [3.8, 4) is 0 Å². The molecule has 33 heavy (non-hydrogen) atoms. The summed E-state index contributed by atoms with van der Waals surface area (Å²) >= 11 is 3.50. The number of carbonyl (C=O) groups excluding carboxylic acids is 1. The molecule has 1 atom stereocenters. The maximum absolute atomic E-state index is 13.5. The molecule has 2 amide bonds. The quantitative estimate of drug-likeness (QED) is 0.431. The highest BCUT2D eigenvalue weighted by Gasteiger charge is 2.28. The summed E-state index contributed by atoms with van der Waals surface area (Å²) in [5, 5.41) is 3.63. The number of hydrogen-bond acceptors (Lipinski definition) is 4. The fraction of sp³-hybridized carbons (Fsp3) is 0.400. The zero-order valence-corrected chi connectivity index (χ0v) is 21.3. The van der Waals surface area contributed by atoms with Crippen molar-refractivity contribution in [1.82, 2.24) is 19.4 Å². The largest absolute Gasteiger partial charge is 0.322 e. The van der Waals surface area contributed by atoms with Crippen LogP contribution in [0, 0.1) is 0 Å². The van der Waals surface area contributed by atoms with Gasteiger partial charge in [-0.3, -0.25) is 9.36 Å². The molecule has 1 N–H and O–H groups in total. The van der Waals surface area contributed by atoms with Crippen LogP contribution in [0.3, 0.4) is 0 Å². The Kier molecular flexibility index (Phi) is 8.63. The number of nitrogens with one attached hydrogen (secondary N) is 1.